The Balaban J connectivity index is 1.35. The standard InChI is InChI=1S/C38H54N2O4/c1-29(2)26-40(27-32-18-19-32)23-22-37(33-15-11-16-35(24-33)43-4)25-34(20-21-38(37,28-40)44-30(3)41)39-36(42)17-10-6-9-14-31-12-7-5-8-13-31/h5,7-8,11-13,15-16,24,29,32,34H,6,9-10,14,17-23,25-28H2,1-4H3/p+1/t34-,37-,38?,40+/m1/s1. The van der Waals surface area contributed by atoms with Gasteiger partial charge in [-0.25, -0.2) is 0 Å². The summed E-state index contributed by atoms with van der Waals surface area (Å²) in [5.41, 5.74) is 1.53. The van der Waals surface area contributed by atoms with E-state index in [9.17, 15) is 9.59 Å². The van der Waals surface area contributed by atoms with Crippen LogP contribution in [-0.4, -0.2) is 61.3 Å². The second kappa shape index (κ2) is 14.1. The van der Waals surface area contributed by atoms with Gasteiger partial charge in [0.15, 0.2) is 5.60 Å². The summed E-state index contributed by atoms with van der Waals surface area (Å²) in [6, 6.07) is 19.0. The largest absolute Gasteiger partial charge is 0.497 e. The molecule has 2 aromatic rings. The molecular weight excluding hydrogens is 548 g/mol. The zero-order valence-electron chi connectivity index (χ0n) is 27.6. The lowest BCUT2D eigenvalue weighted by Gasteiger charge is -2.62. The monoisotopic (exact) mass is 603 g/mol. The first-order valence-corrected chi connectivity index (χ1v) is 17.2. The van der Waals surface area contributed by atoms with Crippen molar-refractivity contribution in [3.05, 3.63) is 65.7 Å². The fourth-order valence-electron chi connectivity index (χ4n) is 8.73. The molecule has 1 unspecified atom stereocenters. The van der Waals surface area contributed by atoms with E-state index in [1.165, 1.54) is 30.5 Å². The highest BCUT2D eigenvalue weighted by Crippen LogP contribution is 2.56. The number of fused-ring (bicyclic) bond motifs is 1. The van der Waals surface area contributed by atoms with Crippen LogP contribution in [0.15, 0.2) is 54.6 Å². The third-order valence-electron chi connectivity index (χ3n) is 10.6. The van der Waals surface area contributed by atoms with Crippen LogP contribution in [0.2, 0.25) is 0 Å². The number of carbonyl (C=O) groups excluding carboxylic acids is 2. The summed E-state index contributed by atoms with van der Waals surface area (Å²) in [6.45, 7) is 10.4. The zero-order chi connectivity index (χ0) is 31.2. The molecule has 1 amide bonds. The molecule has 0 radical (unpaired) electrons. The van der Waals surface area contributed by atoms with Crippen molar-refractivity contribution in [2.45, 2.75) is 108 Å². The van der Waals surface area contributed by atoms with Gasteiger partial charge in [-0.3, -0.25) is 9.59 Å². The molecule has 2 aromatic carbocycles. The molecule has 4 atom stereocenters. The Labute approximate surface area is 265 Å². The van der Waals surface area contributed by atoms with E-state index in [1.54, 1.807) is 14.0 Å². The average molecular weight is 604 g/mol. The van der Waals surface area contributed by atoms with Crippen LogP contribution in [-0.2, 0) is 26.2 Å². The number of ether oxygens (including phenoxy) is 2. The van der Waals surface area contributed by atoms with Crippen molar-refractivity contribution >= 4 is 11.9 Å². The number of nitrogens with zero attached hydrogens (tertiary/aromatic N) is 1. The second-order valence-electron chi connectivity index (χ2n) is 14.6. The number of rotatable bonds is 14. The number of unbranched alkanes of at least 4 members (excludes halogenated alkanes) is 2. The van der Waals surface area contributed by atoms with Crippen LogP contribution in [0.1, 0.15) is 96.1 Å². The smallest absolute Gasteiger partial charge is 0.303 e. The van der Waals surface area contributed by atoms with E-state index >= 15 is 0 Å². The van der Waals surface area contributed by atoms with Gasteiger partial charge in [-0.2, -0.15) is 0 Å². The van der Waals surface area contributed by atoms with Crippen LogP contribution in [0, 0.1) is 11.8 Å². The number of methoxy groups -OCH3 is 1. The molecule has 240 valence electrons. The molecule has 0 spiro atoms. The molecule has 5 rings (SSSR count). The Morgan fingerprint density at radius 3 is 2.50 bits per heavy atom. The van der Waals surface area contributed by atoms with Gasteiger partial charge in [-0.1, -0.05) is 62.7 Å². The summed E-state index contributed by atoms with van der Waals surface area (Å²) in [5, 5.41) is 3.43. The molecule has 0 bridgehead atoms. The van der Waals surface area contributed by atoms with Gasteiger partial charge in [-0.05, 0) is 74.6 Å². The minimum atomic E-state index is -0.619. The predicted molar refractivity (Wildman–Crippen MR) is 175 cm³/mol. The Morgan fingerprint density at radius 2 is 1.80 bits per heavy atom. The highest BCUT2D eigenvalue weighted by atomic mass is 16.6. The van der Waals surface area contributed by atoms with E-state index in [4.69, 9.17) is 9.47 Å². The van der Waals surface area contributed by atoms with Gasteiger partial charge in [0.05, 0.1) is 26.7 Å². The molecule has 3 aliphatic rings. The molecule has 1 aliphatic heterocycles. The Bertz CT molecular complexity index is 1250. The van der Waals surface area contributed by atoms with Crippen LogP contribution in [0.25, 0.3) is 0 Å². The number of hydrogen-bond acceptors (Lipinski definition) is 4. The van der Waals surface area contributed by atoms with Crippen molar-refractivity contribution in [3.63, 3.8) is 0 Å². The van der Waals surface area contributed by atoms with E-state index in [0.29, 0.717) is 12.3 Å². The fraction of sp³-hybridized carbons (Fsp3) is 0.632. The first-order chi connectivity index (χ1) is 21.2. The Kier molecular flexibility index (Phi) is 10.4. The summed E-state index contributed by atoms with van der Waals surface area (Å²) in [5.74, 6) is 2.12. The van der Waals surface area contributed by atoms with Gasteiger partial charge in [0.2, 0.25) is 5.91 Å². The summed E-state index contributed by atoms with van der Waals surface area (Å²) < 4.78 is 13.3. The van der Waals surface area contributed by atoms with Crippen molar-refractivity contribution in [2.24, 2.45) is 11.8 Å². The quantitative estimate of drug-likeness (QED) is 0.144. The third-order valence-corrected chi connectivity index (χ3v) is 10.6. The summed E-state index contributed by atoms with van der Waals surface area (Å²) in [4.78, 5) is 26.2. The molecule has 2 saturated carbocycles. The number of amides is 1. The number of aryl methyl sites for hydroxylation is 1. The first-order valence-electron chi connectivity index (χ1n) is 17.2. The molecular formula is C38H55N2O4+. The minimum absolute atomic E-state index is 0.0511. The topological polar surface area (TPSA) is 64.6 Å². The van der Waals surface area contributed by atoms with E-state index in [-0.39, 0.29) is 23.3 Å². The number of esters is 1. The number of hydrogen-bond donors (Lipinski definition) is 1. The second-order valence-corrected chi connectivity index (χ2v) is 14.6. The molecule has 6 heteroatoms. The number of piperidine rings is 1. The van der Waals surface area contributed by atoms with Crippen molar-refractivity contribution in [3.8, 4) is 5.75 Å². The fourth-order valence-corrected chi connectivity index (χ4v) is 8.73. The number of nitrogens with one attached hydrogen (secondary N) is 1. The van der Waals surface area contributed by atoms with Gasteiger partial charge in [0, 0.05) is 43.1 Å². The van der Waals surface area contributed by atoms with E-state index in [1.807, 2.05) is 6.07 Å². The minimum Gasteiger partial charge on any atom is -0.497 e. The summed E-state index contributed by atoms with van der Waals surface area (Å²) in [7, 11) is 1.71. The number of carbonyl (C=O) groups is 2. The maximum Gasteiger partial charge on any atom is 0.303 e. The normalized spacial score (nSPS) is 28.2. The van der Waals surface area contributed by atoms with Gasteiger partial charge >= 0.3 is 5.97 Å². The molecule has 44 heavy (non-hydrogen) atoms. The SMILES string of the molecule is COc1cccc([C@]23CC[N@+](CC(C)C)(CC4CC4)CC2(OC(C)=O)CC[C@@H](NC(=O)CCCCCc2ccccc2)C3)c1. The molecule has 1 saturated heterocycles. The highest BCUT2D eigenvalue weighted by molar-refractivity contribution is 5.76. The van der Waals surface area contributed by atoms with E-state index in [0.717, 1.165) is 87.2 Å². The van der Waals surface area contributed by atoms with Crippen molar-refractivity contribution < 1.29 is 23.5 Å². The van der Waals surface area contributed by atoms with E-state index in [2.05, 4.69) is 67.7 Å². The van der Waals surface area contributed by atoms with Gasteiger partial charge in [-0.15, -0.1) is 0 Å². The number of benzene rings is 2. The third kappa shape index (κ3) is 7.67. The van der Waals surface area contributed by atoms with Crippen LogP contribution < -0.4 is 10.1 Å². The molecule has 1 heterocycles. The number of likely N-dealkylation sites (tertiary alicyclic amines) is 1. The lowest BCUT2D eigenvalue weighted by atomic mass is 9.54. The zero-order valence-corrected chi connectivity index (χ0v) is 27.6. The summed E-state index contributed by atoms with van der Waals surface area (Å²) in [6.07, 6.45) is 10.6. The van der Waals surface area contributed by atoms with Crippen LogP contribution in [0.3, 0.4) is 0 Å². The maximum atomic E-state index is 13.2. The van der Waals surface area contributed by atoms with Crippen molar-refractivity contribution in [1.82, 2.24) is 5.32 Å². The molecule has 0 aromatic heterocycles. The van der Waals surface area contributed by atoms with Crippen molar-refractivity contribution in [2.75, 3.05) is 33.3 Å². The van der Waals surface area contributed by atoms with Gasteiger partial charge in [0.1, 0.15) is 12.3 Å². The molecule has 1 N–H and O–H groups in total. The van der Waals surface area contributed by atoms with Crippen molar-refractivity contribution in [1.29, 1.82) is 0 Å². The molecule has 6 nitrogen and oxygen atoms in total. The average Bonchev–Trinajstić information content (AvgIpc) is 3.81. The Morgan fingerprint density at radius 1 is 1.00 bits per heavy atom. The predicted octanol–water partition coefficient (Wildman–Crippen LogP) is 6.99. The van der Waals surface area contributed by atoms with Gasteiger partial charge in [0.25, 0.3) is 0 Å². The number of quaternary nitrogens is 1. The lowest BCUT2D eigenvalue weighted by Crippen LogP contribution is -2.74. The summed E-state index contributed by atoms with van der Waals surface area (Å²) >= 11 is 0. The maximum absolute atomic E-state index is 13.2. The van der Waals surface area contributed by atoms with E-state index < -0.39 is 5.60 Å². The van der Waals surface area contributed by atoms with Crippen LogP contribution in [0.4, 0.5) is 0 Å². The van der Waals surface area contributed by atoms with Gasteiger partial charge < -0.3 is 19.3 Å². The van der Waals surface area contributed by atoms with Crippen LogP contribution >= 0.6 is 0 Å². The Hall–Kier alpha value is -2.86. The molecule has 3 fully saturated rings. The van der Waals surface area contributed by atoms with Crippen LogP contribution in [0.5, 0.6) is 5.75 Å². The lowest BCUT2D eigenvalue weighted by molar-refractivity contribution is -0.945. The first kappa shape index (κ1) is 32.5. The highest BCUT2D eigenvalue weighted by Gasteiger charge is 2.65. The molecule has 2 aliphatic carbocycles.